The van der Waals surface area contributed by atoms with Crippen LogP contribution >= 0.6 is 11.8 Å². The molecule has 1 N–H and O–H groups in total. The van der Waals surface area contributed by atoms with E-state index in [9.17, 15) is 9.90 Å². The third-order valence-electron chi connectivity index (χ3n) is 5.24. The van der Waals surface area contributed by atoms with Crippen molar-refractivity contribution in [3.63, 3.8) is 0 Å². The van der Waals surface area contributed by atoms with E-state index in [-0.39, 0.29) is 17.2 Å². The van der Waals surface area contributed by atoms with Crippen LogP contribution in [0.5, 0.6) is 5.75 Å². The van der Waals surface area contributed by atoms with Crippen molar-refractivity contribution in [2.75, 3.05) is 5.75 Å². The van der Waals surface area contributed by atoms with Gasteiger partial charge in [-0.3, -0.25) is 4.79 Å². The zero-order valence-corrected chi connectivity index (χ0v) is 18.0. The van der Waals surface area contributed by atoms with Crippen LogP contribution in [0.1, 0.15) is 29.0 Å². The summed E-state index contributed by atoms with van der Waals surface area (Å²) in [6, 6.07) is 31.7. The topological polar surface area (TPSA) is 42.2 Å². The number of pyridine rings is 1. The SMILES string of the molecule is O=c1ccc(C(c2ccccc2)c2ccccc2)cn1CCCSc1cccc(O)c1. The average Bonchev–Trinajstić information content (AvgIpc) is 2.80. The minimum Gasteiger partial charge on any atom is -0.508 e. The van der Waals surface area contributed by atoms with Crippen LogP contribution < -0.4 is 5.56 Å². The molecule has 0 aliphatic heterocycles. The van der Waals surface area contributed by atoms with Crippen molar-refractivity contribution in [2.45, 2.75) is 23.8 Å². The monoisotopic (exact) mass is 427 g/mol. The number of hydrogen-bond donors (Lipinski definition) is 1. The van der Waals surface area contributed by atoms with Crippen LogP contribution in [0, 0.1) is 0 Å². The van der Waals surface area contributed by atoms with Crippen LogP contribution in [-0.4, -0.2) is 15.4 Å². The first-order valence-corrected chi connectivity index (χ1v) is 11.4. The van der Waals surface area contributed by atoms with Crippen LogP contribution in [0.25, 0.3) is 0 Å². The van der Waals surface area contributed by atoms with Crippen molar-refractivity contribution in [3.05, 3.63) is 130 Å². The van der Waals surface area contributed by atoms with Crippen LogP contribution in [0.4, 0.5) is 0 Å². The molecule has 1 heterocycles. The van der Waals surface area contributed by atoms with Gasteiger partial charge in [-0.15, -0.1) is 11.8 Å². The summed E-state index contributed by atoms with van der Waals surface area (Å²) in [5.41, 5.74) is 3.54. The Balaban J connectivity index is 1.53. The van der Waals surface area contributed by atoms with Crippen LogP contribution in [0.3, 0.4) is 0 Å². The lowest BCUT2D eigenvalue weighted by atomic mass is 9.86. The highest BCUT2D eigenvalue weighted by Gasteiger charge is 2.17. The predicted molar refractivity (Wildman–Crippen MR) is 128 cm³/mol. The van der Waals surface area contributed by atoms with E-state index in [1.54, 1.807) is 30.0 Å². The number of phenolic OH excluding ortho intramolecular Hbond substituents is 1. The summed E-state index contributed by atoms with van der Waals surface area (Å²) in [6.45, 7) is 0.661. The fraction of sp³-hybridized carbons (Fsp3) is 0.148. The standard InChI is InChI=1S/C27H25NO2S/c29-24-13-7-14-25(19-24)31-18-8-17-28-20-23(15-16-26(28)30)27(21-9-3-1-4-10-21)22-11-5-2-6-12-22/h1-7,9-16,19-20,27,29H,8,17-18H2. The zero-order valence-electron chi connectivity index (χ0n) is 17.2. The molecule has 0 spiro atoms. The molecule has 0 unspecified atom stereocenters. The van der Waals surface area contributed by atoms with Crippen molar-refractivity contribution in [1.29, 1.82) is 0 Å². The summed E-state index contributed by atoms with van der Waals surface area (Å²) in [4.78, 5) is 13.5. The van der Waals surface area contributed by atoms with E-state index in [1.165, 1.54) is 11.1 Å². The number of aryl methyl sites for hydroxylation is 1. The van der Waals surface area contributed by atoms with Gasteiger partial charge in [-0.05, 0) is 47.1 Å². The first kappa shape index (κ1) is 21.0. The Morgan fingerprint density at radius 2 is 1.45 bits per heavy atom. The molecule has 0 bridgehead atoms. The van der Waals surface area contributed by atoms with Crippen molar-refractivity contribution in [2.24, 2.45) is 0 Å². The zero-order chi connectivity index (χ0) is 21.5. The number of hydrogen-bond acceptors (Lipinski definition) is 3. The van der Waals surface area contributed by atoms with E-state index in [2.05, 4.69) is 48.5 Å². The van der Waals surface area contributed by atoms with E-state index in [0.29, 0.717) is 6.54 Å². The maximum absolute atomic E-state index is 12.5. The fourth-order valence-corrected chi connectivity index (χ4v) is 4.65. The van der Waals surface area contributed by atoms with Gasteiger partial charge in [0.1, 0.15) is 5.75 Å². The second kappa shape index (κ2) is 10.2. The molecule has 0 amide bonds. The lowest BCUT2D eigenvalue weighted by molar-refractivity contribution is 0.474. The lowest BCUT2D eigenvalue weighted by Gasteiger charge is -2.20. The summed E-state index contributed by atoms with van der Waals surface area (Å²) in [5.74, 6) is 1.23. The van der Waals surface area contributed by atoms with Crippen LogP contribution in [0.2, 0.25) is 0 Å². The van der Waals surface area contributed by atoms with E-state index < -0.39 is 0 Å². The summed E-state index contributed by atoms with van der Waals surface area (Å²) in [7, 11) is 0. The van der Waals surface area contributed by atoms with Gasteiger partial charge in [0.15, 0.2) is 0 Å². The smallest absolute Gasteiger partial charge is 0.250 e. The maximum Gasteiger partial charge on any atom is 0.250 e. The molecule has 156 valence electrons. The van der Waals surface area contributed by atoms with Gasteiger partial charge < -0.3 is 9.67 Å². The van der Waals surface area contributed by atoms with E-state index in [1.807, 2.05) is 41.1 Å². The molecule has 1 aromatic heterocycles. The van der Waals surface area contributed by atoms with Crippen molar-refractivity contribution in [1.82, 2.24) is 4.57 Å². The maximum atomic E-state index is 12.5. The molecule has 0 atom stereocenters. The first-order chi connectivity index (χ1) is 15.2. The number of aromatic nitrogens is 1. The molecule has 0 fully saturated rings. The summed E-state index contributed by atoms with van der Waals surface area (Å²) < 4.78 is 1.82. The Morgan fingerprint density at radius 1 is 0.774 bits per heavy atom. The molecule has 4 heteroatoms. The number of phenols is 1. The highest BCUT2D eigenvalue weighted by atomic mass is 32.2. The molecule has 0 aliphatic rings. The molecule has 3 aromatic carbocycles. The Kier molecular flexibility index (Phi) is 6.90. The molecule has 4 aromatic rings. The Morgan fingerprint density at radius 3 is 2.10 bits per heavy atom. The van der Waals surface area contributed by atoms with Crippen molar-refractivity contribution < 1.29 is 5.11 Å². The van der Waals surface area contributed by atoms with Gasteiger partial charge in [-0.25, -0.2) is 0 Å². The van der Waals surface area contributed by atoms with Crippen LogP contribution in [-0.2, 0) is 6.54 Å². The molecule has 0 saturated heterocycles. The minimum absolute atomic E-state index is 0.0194. The van der Waals surface area contributed by atoms with Crippen molar-refractivity contribution >= 4 is 11.8 Å². The van der Waals surface area contributed by atoms with Gasteiger partial charge in [-0.1, -0.05) is 72.8 Å². The van der Waals surface area contributed by atoms with Gasteiger partial charge in [-0.2, -0.15) is 0 Å². The van der Waals surface area contributed by atoms with Crippen molar-refractivity contribution in [3.8, 4) is 5.75 Å². The molecule has 0 radical (unpaired) electrons. The highest BCUT2D eigenvalue weighted by Crippen LogP contribution is 2.31. The van der Waals surface area contributed by atoms with E-state index >= 15 is 0 Å². The third kappa shape index (κ3) is 5.47. The van der Waals surface area contributed by atoms with Gasteiger partial charge in [0.05, 0.1) is 0 Å². The third-order valence-corrected chi connectivity index (χ3v) is 6.32. The van der Waals surface area contributed by atoms with Gasteiger partial charge in [0.2, 0.25) is 0 Å². The quantitative estimate of drug-likeness (QED) is 0.280. The number of benzene rings is 3. The number of rotatable bonds is 8. The first-order valence-electron chi connectivity index (χ1n) is 10.4. The highest BCUT2D eigenvalue weighted by molar-refractivity contribution is 7.99. The van der Waals surface area contributed by atoms with Gasteiger partial charge in [0.25, 0.3) is 5.56 Å². The molecular formula is C27H25NO2S. The van der Waals surface area contributed by atoms with E-state index in [0.717, 1.165) is 22.6 Å². The predicted octanol–water partition coefficient (Wildman–Crippen LogP) is 5.92. The average molecular weight is 428 g/mol. The number of aromatic hydroxyl groups is 1. The molecule has 0 aliphatic carbocycles. The minimum atomic E-state index is 0.0194. The number of nitrogens with zero attached hydrogens (tertiary/aromatic N) is 1. The largest absolute Gasteiger partial charge is 0.508 e. The fourth-order valence-electron chi connectivity index (χ4n) is 3.76. The number of thioether (sulfide) groups is 1. The summed E-state index contributed by atoms with van der Waals surface area (Å²) in [5, 5.41) is 9.60. The molecule has 4 rings (SSSR count). The van der Waals surface area contributed by atoms with Crippen LogP contribution in [0.15, 0.2) is 113 Å². The Labute approximate surface area is 187 Å². The van der Waals surface area contributed by atoms with Gasteiger partial charge >= 0.3 is 0 Å². The Bertz CT molecular complexity index is 1130. The second-order valence-electron chi connectivity index (χ2n) is 7.45. The normalized spacial score (nSPS) is 11.0. The van der Waals surface area contributed by atoms with Gasteiger partial charge in [0, 0.05) is 29.6 Å². The summed E-state index contributed by atoms with van der Waals surface area (Å²) in [6.07, 6.45) is 2.87. The molecular weight excluding hydrogens is 402 g/mol. The summed E-state index contributed by atoms with van der Waals surface area (Å²) >= 11 is 1.69. The Hall–Kier alpha value is -3.24. The lowest BCUT2D eigenvalue weighted by Crippen LogP contribution is -2.20. The molecule has 3 nitrogen and oxygen atoms in total. The van der Waals surface area contributed by atoms with E-state index in [4.69, 9.17) is 0 Å². The second-order valence-corrected chi connectivity index (χ2v) is 8.62. The molecule has 31 heavy (non-hydrogen) atoms. The molecule has 0 saturated carbocycles.